The Morgan fingerprint density at radius 2 is 1.61 bits per heavy atom. The van der Waals surface area contributed by atoms with E-state index in [1.54, 1.807) is 6.92 Å². The van der Waals surface area contributed by atoms with Gasteiger partial charge in [0.25, 0.3) is 0 Å². The van der Waals surface area contributed by atoms with Crippen LogP contribution in [0.4, 0.5) is 0 Å². The summed E-state index contributed by atoms with van der Waals surface area (Å²) in [7, 11) is 0. The highest BCUT2D eigenvalue weighted by Crippen LogP contribution is 2.42. The second kappa shape index (κ2) is 14.4. The Labute approximate surface area is 262 Å². The maximum absolute atomic E-state index is 11.5. The van der Waals surface area contributed by atoms with Gasteiger partial charge in [-0.15, -0.1) is 0 Å². The van der Waals surface area contributed by atoms with Crippen LogP contribution in [-0.4, -0.2) is 65.7 Å². The van der Waals surface area contributed by atoms with E-state index >= 15 is 0 Å². The molecule has 0 aromatic heterocycles. The molecular formula is C37H47N3O4. The summed E-state index contributed by atoms with van der Waals surface area (Å²) < 4.78 is 13.6. The molecule has 7 heteroatoms. The van der Waals surface area contributed by atoms with Crippen LogP contribution in [0.25, 0.3) is 11.1 Å². The van der Waals surface area contributed by atoms with Crippen molar-refractivity contribution in [2.24, 2.45) is 5.92 Å². The molecule has 0 spiro atoms. The molecule has 0 radical (unpaired) electrons. The van der Waals surface area contributed by atoms with Crippen molar-refractivity contribution in [3.05, 3.63) is 95.1 Å². The third-order valence-electron chi connectivity index (χ3n) is 9.74. The van der Waals surface area contributed by atoms with E-state index in [1.165, 1.54) is 38.8 Å². The number of carbonyl (C=O) groups excluding carboxylic acids is 1. The third-order valence-corrected chi connectivity index (χ3v) is 9.74. The molecule has 6 rings (SSSR count). The van der Waals surface area contributed by atoms with Crippen LogP contribution >= 0.6 is 0 Å². The monoisotopic (exact) mass is 597 g/mol. The standard InChI is InChI=1S/C37H47N3O4/c1-26-35(24-40-21-7-9-33(40)23-39-19-5-6-20-39)43-37(44-36(26)30-13-11-28(25-41)12-14-30)31-17-15-29(16-18-31)34-10-4-3-8-32(34)22-38-27(2)42/h3-4,8,10-18,26,33,35-37,41H,5-7,9,19-25H2,1-2H3,(H,38,42)/t26-,33-,35+,36+,37+/m0/s1. The third kappa shape index (κ3) is 7.24. The number of amides is 1. The number of nitrogens with one attached hydrogen (secondary N) is 1. The first kappa shape index (κ1) is 30.9. The molecule has 3 aliphatic heterocycles. The van der Waals surface area contributed by atoms with Gasteiger partial charge in [-0.25, -0.2) is 0 Å². The van der Waals surface area contributed by atoms with Crippen LogP contribution in [0.3, 0.4) is 0 Å². The van der Waals surface area contributed by atoms with E-state index in [2.05, 4.69) is 70.6 Å². The first-order chi connectivity index (χ1) is 21.5. The van der Waals surface area contributed by atoms with E-state index in [4.69, 9.17) is 9.47 Å². The van der Waals surface area contributed by atoms with Crippen molar-refractivity contribution in [3.8, 4) is 11.1 Å². The van der Waals surface area contributed by atoms with E-state index in [0.29, 0.717) is 12.6 Å². The Bertz CT molecular complexity index is 1370. The predicted octanol–water partition coefficient (Wildman–Crippen LogP) is 5.83. The summed E-state index contributed by atoms with van der Waals surface area (Å²) >= 11 is 0. The van der Waals surface area contributed by atoms with Gasteiger partial charge in [0.2, 0.25) is 5.91 Å². The SMILES string of the molecule is CC(=O)NCc1ccccc1-c1ccc([C@@H]2O[C@H](CN3CCC[C@H]3CN3CCCC3)[C@H](C)[C@H](c3ccc(CO)cc3)O2)cc1. The Balaban J connectivity index is 1.23. The van der Waals surface area contributed by atoms with Crippen molar-refractivity contribution in [1.82, 2.24) is 15.1 Å². The lowest BCUT2D eigenvalue weighted by atomic mass is 9.89. The van der Waals surface area contributed by atoms with Crippen molar-refractivity contribution < 1.29 is 19.4 Å². The second-order valence-corrected chi connectivity index (χ2v) is 12.8. The van der Waals surface area contributed by atoms with E-state index in [-0.39, 0.29) is 30.6 Å². The van der Waals surface area contributed by atoms with Gasteiger partial charge in [-0.05, 0) is 73.1 Å². The Morgan fingerprint density at radius 1 is 0.886 bits per heavy atom. The predicted molar refractivity (Wildman–Crippen MR) is 173 cm³/mol. The molecule has 0 saturated carbocycles. The normalized spacial score (nSPS) is 26.2. The lowest BCUT2D eigenvalue weighted by Crippen LogP contribution is -2.48. The zero-order valence-electron chi connectivity index (χ0n) is 26.2. The molecule has 3 fully saturated rings. The van der Waals surface area contributed by atoms with Gasteiger partial charge in [0.15, 0.2) is 6.29 Å². The number of benzene rings is 3. The number of hydrogen-bond acceptors (Lipinski definition) is 6. The summed E-state index contributed by atoms with van der Waals surface area (Å²) in [5.74, 6) is 0.126. The molecule has 3 aromatic carbocycles. The summed E-state index contributed by atoms with van der Waals surface area (Å²) in [4.78, 5) is 16.9. The lowest BCUT2D eigenvalue weighted by molar-refractivity contribution is -0.276. The average molecular weight is 598 g/mol. The summed E-state index contributed by atoms with van der Waals surface area (Å²) in [5.41, 5.74) is 6.29. The second-order valence-electron chi connectivity index (χ2n) is 12.8. The molecule has 3 heterocycles. The van der Waals surface area contributed by atoms with Crippen molar-refractivity contribution in [2.75, 3.05) is 32.7 Å². The van der Waals surface area contributed by atoms with Crippen molar-refractivity contribution in [2.45, 2.75) is 77.2 Å². The highest BCUT2D eigenvalue weighted by atomic mass is 16.7. The molecular weight excluding hydrogens is 550 g/mol. The number of carbonyl (C=O) groups is 1. The summed E-state index contributed by atoms with van der Waals surface area (Å²) in [6.45, 7) is 9.98. The maximum Gasteiger partial charge on any atom is 0.217 e. The zero-order chi connectivity index (χ0) is 30.5. The van der Waals surface area contributed by atoms with Crippen LogP contribution in [0.1, 0.15) is 74.2 Å². The summed E-state index contributed by atoms with van der Waals surface area (Å²) in [6, 6.07) is 25.4. The Kier molecular flexibility index (Phi) is 10.1. The molecule has 0 bridgehead atoms. The number of ether oxygens (including phenoxy) is 2. The molecule has 3 saturated heterocycles. The van der Waals surface area contributed by atoms with Crippen molar-refractivity contribution in [1.29, 1.82) is 0 Å². The fourth-order valence-corrected chi connectivity index (χ4v) is 7.16. The average Bonchev–Trinajstić information content (AvgIpc) is 3.74. The molecule has 0 aliphatic carbocycles. The number of aliphatic hydroxyl groups excluding tert-OH is 1. The number of likely N-dealkylation sites (tertiary alicyclic amines) is 2. The van der Waals surface area contributed by atoms with Crippen molar-refractivity contribution in [3.63, 3.8) is 0 Å². The van der Waals surface area contributed by atoms with Gasteiger partial charge < -0.3 is 24.8 Å². The van der Waals surface area contributed by atoms with Gasteiger partial charge in [0.05, 0.1) is 18.8 Å². The molecule has 3 aromatic rings. The van der Waals surface area contributed by atoms with E-state index in [1.807, 2.05) is 24.3 Å². The molecule has 44 heavy (non-hydrogen) atoms. The van der Waals surface area contributed by atoms with Crippen LogP contribution in [-0.2, 0) is 27.4 Å². The van der Waals surface area contributed by atoms with Gasteiger partial charge in [-0.2, -0.15) is 0 Å². The highest BCUT2D eigenvalue weighted by molar-refractivity contribution is 5.74. The van der Waals surface area contributed by atoms with Gasteiger partial charge >= 0.3 is 0 Å². The minimum Gasteiger partial charge on any atom is -0.392 e. The van der Waals surface area contributed by atoms with Crippen LogP contribution in [0.5, 0.6) is 0 Å². The number of rotatable bonds is 10. The largest absolute Gasteiger partial charge is 0.392 e. The van der Waals surface area contributed by atoms with E-state index in [0.717, 1.165) is 53.0 Å². The summed E-state index contributed by atoms with van der Waals surface area (Å²) in [5, 5.41) is 12.5. The number of hydrogen-bond donors (Lipinski definition) is 2. The fourth-order valence-electron chi connectivity index (χ4n) is 7.16. The fraction of sp³-hybridized carbons (Fsp3) is 0.486. The molecule has 2 N–H and O–H groups in total. The Morgan fingerprint density at radius 3 is 2.34 bits per heavy atom. The van der Waals surface area contributed by atoms with E-state index < -0.39 is 6.29 Å². The number of aliphatic hydroxyl groups is 1. The van der Waals surface area contributed by atoms with Gasteiger partial charge in [0, 0.05) is 44.1 Å². The van der Waals surface area contributed by atoms with Gasteiger partial charge in [0.1, 0.15) is 0 Å². The highest BCUT2D eigenvalue weighted by Gasteiger charge is 2.40. The van der Waals surface area contributed by atoms with Crippen LogP contribution in [0.2, 0.25) is 0 Å². The molecule has 7 nitrogen and oxygen atoms in total. The molecule has 3 aliphatic rings. The lowest BCUT2D eigenvalue weighted by Gasteiger charge is -2.43. The first-order valence-electron chi connectivity index (χ1n) is 16.4. The topological polar surface area (TPSA) is 74.3 Å². The van der Waals surface area contributed by atoms with E-state index in [9.17, 15) is 9.90 Å². The summed E-state index contributed by atoms with van der Waals surface area (Å²) in [6.07, 6.45) is 4.57. The Hall–Kier alpha value is -3.07. The van der Waals surface area contributed by atoms with Crippen LogP contribution in [0, 0.1) is 5.92 Å². The zero-order valence-corrected chi connectivity index (χ0v) is 26.2. The van der Waals surface area contributed by atoms with Crippen LogP contribution in [0.15, 0.2) is 72.8 Å². The smallest absolute Gasteiger partial charge is 0.217 e. The first-order valence-corrected chi connectivity index (χ1v) is 16.4. The molecule has 234 valence electrons. The quantitative estimate of drug-likeness (QED) is 0.306. The minimum atomic E-state index is -0.484. The maximum atomic E-state index is 11.5. The molecule has 1 amide bonds. The minimum absolute atomic E-state index is 0.0218. The van der Waals surface area contributed by atoms with Crippen LogP contribution < -0.4 is 5.32 Å². The molecule has 0 unspecified atom stereocenters. The number of nitrogens with zero attached hydrogens (tertiary/aromatic N) is 2. The molecule has 5 atom stereocenters. The van der Waals surface area contributed by atoms with Gasteiger partial charge in [-0.1, -0.05) is 79.7 Å². The van der Waals surface area contributed by atoms with Gasteiger partial charge in [-0.3, -0.25) is 9.69 Å². The van der Waals surface area contributed by atoms with Crippen molar-refractivity contribution >= 4 is 5.91 Å².